The molecular formula is C10H14ClHgN. The van der Waals surface area contributed by atoms with Gasteiger partial charge in [-0.25, -0.2) is 0 Å². The first kappa shape index (κ1) is 11.5. The fraction of sp³-hybridized carbons (Fsp3) is 0.400. The molecule has 0 aliphatic carbocycles. The first-order valence-corrected chi connectivity index (χ1v) is 15.2. The van der Waals surface area contributed by atoms with E-state index in [2.05, 4.69) is 49.3 Å². The average molecular weight is 384 g/mol. The number of hydrogen-bond acceptors (Lipinski definition) is 1. The van der Waals surface area contributed by atoms with Gasteiger partial charge in [0.25, 0.3) is 0 Å². The third kappa shape index (κ3) is 3.57. The van der Waals surface area contributed by atoms with Crippen molar-refractivity contribution in [2.24, 2.45) is 0 Å². The molecule has 68 valence electrons. The van der Waals surface area contributed by atoms with E-state index < -0.39 is 23.3 Å². The van der Waals surface area contributed by atoms with Crippen LogP contribution in [0.2, 0.25) is 3.93 Å². The summed E-state index contributed by atoms with van der Waals surface area (Å²) in [6.45, 7) is 0. The van der Waals surface area contributed by atoms with Gasteiger partial charge in [-0.3, -0.25) is 0 Å². The second kappa shape index (κ2) is 6.00. The molecule has 1 aromatic carbocycles. The van der Waals surface area contributed by atoms with Crippen LogP contribution in [-0.4, -0.2) is 19.0 Å². The zero-order valence-electron chi connectivity index (χ0n) is 8.20. The molecule has 3 heteroatoms. The normalized spacial score (nSPS) is 12.6. The van der Waals surface area contributed by atoms with E-state index in [1.54, 1.807) is 0 Å². The van der Waals surface area contributed by atoms with Crippen molar-refractivity contribution in [3.63, 3.8) is 0 Å². The number of rotatable bonds is 4. The fourth-order valence-corrected chi connectivity index (χ4v) is 7.42. The SMILES string of the molecule is CN(C)C([CH2][Hg][Cl])c1ccccc1. The summed E-state index contributed by atoms with van der Waals surface area (Å²) in [7, 11) is 10.2. The summed E-state index contributed by atoms with van der Waals surface area (Å²) in [5, 5.41) is 0. The molecule has 0 radical (unpaired) electrons. The van der Waals surface area contributed by atoms with Gasteiger partial charge in [-0.05, 0) is 0 Å². The summed E-state index contributed by atoms with van der Waals surface area (Å²) in [6.07, 6.45) is 0. The van der Waals surface area contributed by atoms with Crippen LogP contribution in [0.3, 0.4) is 0 Å². The fourth-order valence-electron chi connectivity index (χ4n) is 1.50. The molecule has 0 amide bonds. The monoisotopic (exact) mass is 385 g/mol. The van der Waals surface area contributed by atoms with Gasteiger partial charge in [0.2, 0.25) is 0 Å². The number of nitrogens with zero attached hydrogens (tertiary/aromatic N) is 1. The zero-order valence-corrected chi connectivity index (χ0v) is 14.5. The molecule has 1 atom stereocenters. The number of benzene rings is 1. The van der Waals surface area contributed by atoms with Gasteiger partial charge >= 0.3 is 96.5 Å². The van der Waals surface area contributed by atoms with Crippen molar-refractivity contribution in [3.8, 4) is 0 Å². The first-order valence-electron chi connectivity index (χ1n) is 4.53. The van der Waals surface area contributed by atoms with E-state index in [0.717, 1.165) is 0 Å². The molecule has 1 unspecified atom stereocenters. The van der Waals surface area contributed by atoms with Crippen molar-refractivity contribution in [2.45, 2.75) is 9.97 Å². The van der Waals surface area contributed by atoms with Crippen molar-refractivity contribution in [2.75, 3.05) is 14.1 Å². The zero-order chi connectivity index (χ0) is 9.68. The molecule has 0 aromatic heterocycles. The van der Waals surface area contributed by atoms with Gasteiger partial charge < -0.3 is 0 Å². The van der Waals surface area contributed by atoms with Crippen LogP contribution in [0.1, 0.15) is 11.6 Å². The van der Waals surface area contributed by atoms with Crippen molar-refractivity contribution >= 4 is 8.25 Å². The van der Waals surface area contributed by atoms with Gasteiger partial charge in [-0.15, -0.1) is 0 Å². The van der Waals surface area contributed by atoms with Crippen LogP contribution >= 0.6 is 8.25 Å². The maximum absolute atomic E-state index is 5.99. The third-order valence-corrected chi connectivity index (χ3v) is 7.08. The van der Waals surface area contributed by atoms with Crippen molar-refractivity contribution < 1.29 is 23.3 Å². The minimum absolute atomic E-state index is 0.542. The van der Waals surface area contributed by atoms with E-state index >= 15 is 0 Å². The van der Waals surface area contributed by atoms with Crippen LogP contribution in [-0.2, 0) is 23.3 Å². The quantitative estimate of drug-likeness (QED) is 0.722. The van der Waals surface area contributed by atoms with Gasteiger partial charge in [0.15, 0.2) is 0 Å². The van der Waals surface area contributed by atoms with Crippen molar-refractivity contribution in [3.05, 3.63) is 35.9 Å². The molecule has 1 nitrogen and oxygen atoms in total. The molecule has 0 bridgehead atoms. The standard InChI is InChI=1S/C10H14N.ClH.Hg/c1-9(11(2)3)10-7-5-4-6-8-10;;/h4-9H,1H2,2-3H3;1H;/q;;+1/p-1. The summed E-state index contributed by atoms with van der Waals surface area (Å²) in [6, 6.07) is 11.2. The second-order valence-corrected chi connectivity index (χ2v) is 10.4. The molecule has 1 rings (SSSR count). The van der Waals surface area contributed by atoms with Gasteiger partial charge in [-0.2, -0.15) is 0 Å². The Hall–Kier alpha value is 0.405. The maximum atomic E-state index is 5.99. The Morgan fingerprint density at radius 2 is 1.92 bits per heavy atom. The minimum atomic E-state index is -1.05. The van der Waals surface area contributed by atoms with E-state index in [9.17, 15) is 0 Å². The topological polar surface area (TPSA) is 3.24 Å². The molecule has 0 saturated heterocycles. The summed E-state index contributed by atoms with van der Waals surface area (Å²) in [5.41, 5.74) is 1.40. The Labute approximate surface area is 96.0 Å². The molecule has 13 heavy (non-hydrogen) atoms. The van der Waals surface area contributed by atoms with E-state index in [4.69, 9.17) is 8.25 Å². The van der Waals surface area contributed by atoms with Crippen LogP contribution in [0.4, 0.5) is 0 Å². The van der Waals surface area contributed by atoms with Gasteiger partial charge in [0.1, 0.15) is 0 Å². The first-order chi connectivity index (χ1) is 6.25. The molecule has 0 aliphatic heterocycles. The summed E-state index contributed by atoms with van der Waals surface area (Å²) in [5.74, 6) is 0. The van der Waals surface area contributed by atoms with Crippen molar-refractivity contribution in [1.29, 1.82) is 0 Å². The van der Waals surface area contributed by atoms with E-state index in [0.29, 0.717) is 6.04 Å². The Kier molecular flexibility index (Phi) is 5.29. The van der Waals surface area contributed by atoms with Crippen molar-refractivity contribution in [1.82, 2.24) is 4.90 Å². The van der Waals surface area contributed by atoms with E-state index in [1.807, 2.05) is 0 Å². The Balaban J connectivity index is 2.76. The molecule has 0 fully saturated rings. The number of halogens is 1. The molecule has 0 N–H and O–H groups in total. The molecule has 0 heterocycles. The second-order valence-electron chi connectivity index (χ2n) is 3.37. The predicted molar refractivity (Wildman–Crippen MR) is 53.5 cm³/mol. The molecule has 0 saturated carbocycles. The van der Waals surface area contributed by atoms with Gasteiger partial charge in [0, 0.05) is 0 Å². The predicted octanol–water partition coefficient (Wildman–Crippen LogP) is 2.94. The van der Waals surface area contributed by atoms with Crippen LogP contribution in [0, 0.1) is 0 Å². The van der Waals surface area contributed by atoms with E-state index in [-0.39, 0.29) is 0 Å². The average Bonchev–Trinajstić information content (AvgIpc) is 2.15. The summed E-state index contributed by atoms with van der Waals surface area (Å²) < 4.78 is 1.22. The third-order valence-electron chi connectivity index (χ3n) is 2.19. The van der Waals surface area contributed by atoms with Crippen LogP contribution in [0.5, 0.6) is 0 Å². The molecule has 1 aromatic rings. The Bertz CT molecular complexity index is 238. The van der Waals surface area contributed by atoms with E-state index in [1.165, 1.54) is 9.49 Å². The summed E-state index contributed by atoms with van der Waals surface area (Å²) in [4.78, 5) is 2.26. The van der Waals surface area contributed by atoms with Crippen LogP contribution in [0.25, 0.3) is 0 Å². The summed E-state index contributed by atoms with van der Waals surface area (Å²) >= 11 is -1.05. The van der Waals surface area contributed by atoms with Gasteiger partial charge in [-0.1, -0.05) is 0 Å². The van der Waals surface area contributed by atoms with Crippen LogP contribution in [0.15, 0.2) is 30.3 Å². The van der Waals surface area contributed by atoms with Gasteiger partial charge in [0.05, 0.1) is 0 Å². The Morgan fingerprint density at radius 3 is 2.38 bits per heavy atom. The Morgan fingerprint density at radius 1 is 1.31 bits per heavy atom. The van der Waals surface area contributed by atoms with Crippen LogP contribution < -0.4 is 0 Å². The number of hydrogen-bond donors (Lipinski definition) is 0. The molecule has 0 spiro atoms. The molecular weight excluding hydrogens is 370 g/mol. The molecule has 0 aliphatic rings.